The van der Waals surface area contributed by atoms with Crippen LogP contribution in [0.15, 0.2) is 29.2 Å². The first kappa shape index (κ1) is 30.3. The molecule has 2 aromatic rings. The molecule has 0 fully saturated rings. The van der Waals surface area contributed by atoms with Crippen LogP contribution in [0.1, 0.15) is 79.1 Å². The lowest BCUT2D eigenvalue weighted by Crippen LogP contribution is -2.37. The van der Waals surface area contributed by atoms with Crippen molar-refractivity contribution < 1.29 is 22.7 Å². The fourth-order valence-electron chi connectivity index (χ4n) is 4.66. The van der Waals surface area contributed by atoms with Crippen LogP contribution in [0.4, 0.5) is 5.00 Å². The number of nitrogens with zero attached hydrogens (tertiary/aromatic N) is 2. The van der Waals surface area contributed by atoms with Crippen LogP contribution in [-0.2, 0) is 27.7 Å². The average Bonchev–Trinajstić information content (AvgIpc) is 3.20. The number of carbonyl (C=O) groups excluding carboxylic acids is 2. The van der Waals surface area contributed by atoms with Gasteiger partial charge in [-0.25, -0.2) is 13.2 Å². The molecule has 1 amide bonds. The molecule has 0 spiro atoms. The third kappa shape index (κ3) is 7.22. The summed E-state index contributed by atoms with van der Waals surface area (Å²) in [4.78, 5) is 29.6. The number of esters is 1. The Morgan fingerprint density at radius 2 is 1.71 bits per heavy atom. The summed E-state index contributed by atoms with van der Waals surface area (Å²) in [6, 6.07) is 6.00. The minimum atomic E-state index is -3.69. The summed E-state index contributed by atoms with van der Waals surface area (Å²) in [6.07, 6.45) is 1.78. The van der Waals surface area contributed by atoms with E-state index in [1.165, 1.54) is 39.9 Å². The molecule has 1 aliphatic heterocycles. The van der Waals surface area contributed by atoms with Gasteiger partial charge in [0.1, 0.15) is 5.00 Å². The van der Waals surface area contributed by atoms with Gasteiger partial charge in [-0.3, -0.25) is 9.69 Å². The Balaban J connectivity index is 1.85. The Hall–Kier alpha value is -2.27. The van der Waals surface area contributed by atoms with E-state index >= 15 is 0 Å². The molecule has 0 saturated heterocycles. The van der Waals surface area contributed by atoms with Crippen molar-refractivity contribution in [3.05, 3.63) is 45.8 Å². The van der Waals surface area contributed by atoms with Crippen molar-refractivity contribution in [2.24, 2.45) is 11.8 Å². The van der Waals surface area contributed by atoms with Crippen molar-refractivity contribution in [2.45, 2.75) is 65.8 Å². The number of hydrogen-bond donors (Lipinski definition) is 1. The molecular formula is C28H41N3O5S2. The highest BCUT2D eigenvalue weighted by molar-refractivity contribution is 7.89. The highest BCUT2D eigenvalue weighted by Crippen LogP contribution is 2.38. The number of ether oxygens (including phenoxy) is 1. The molecule has 3 rings (SSSR count). The van der Waals surface area contributed by atoms with Crippen LogP contribution in [-0.4, -0.2) is 62.3 Å². The lowest BCUT2D eigenvalue weighted by molar-refractivity contribution is 0.0526. The standard InChI is InChI=1S/C28H41N3O5S2/c1-7-14-30-15-13-23-24(18-30)37-27(25(23)28(33)36-8-2)29-26(32)21-9-11-22(12-10-21)38(34,35)31(16-19(3)4)17-20(5)6/h9-12,19-20H,7-8,13-18H2,1-6H3,(H,29,32). The summed E-state index contributed by atoms with van der Waals surface area (Å²) >= 11 is 1.41. The van der Waals surface area contributed by atoms with E-state index in [0.717, 1.165) is 42.9 Å². The smallest absolute Gasteiger partial charge is 0.341 e. The molecule has 0 atom stereocenters. The summed E-state index contributed by atoms with van der Waals surface area (Å²) in [5.74, 6) is -0.452. The number of rotatable bonds is 12. The number of fused-ring (bicyclic) bond motifs is 1. The van der Waals surface area contributed by atoms with Crippen molar-refractivity contribution in [1.82, 2.24) is 9.21 Å². The highest BCUT2D eigenvalue weighted by atomic mass is 32.2. The number of thiophene rings is 1. The maximum Gasteiger partial charge on any atom is 0.341 e. The van der Waals surface area contributed by atoms with Gasteiger partial charge in [-0.1, -0.05) is 34.6 Å². The zero-order chi connectivity index (χ0) is 28.0. The Bertz CT molecular complexity index is 1210. The quantitative estimate of drug-likeness (QED) is 0.355. The van der Waals surface area contributed by atoms with Gasteiger partial charge in [0.2, 0.25) is 10.0 Å². The van der Waals surface area contributed by atoms with Crippen LogP contribution in [0.2, 0.25) is 0 Å². The number of sulfonamides is 1. The largest absolute Gasteiger partial charge is 0.462 e. The van der Waals surface area contributed by atoms with Gasteiger partial charge in [-0.05, 0) is 68.0 Å². The first-order valence-electron chi connectivity index (χ1n) is 13.4. The molecule has 10 heteroatoms. The maximum absolute atomic E-state index is 13.3. The van der Waals surface area contributed by atoms with E-state index in [-0.39, 0.29) is 23.3 Å². The van der Waals surface area contributed by atoms with Gasteiger partial charge in [0, 0.05) is 36.6 Å². The van der Waals surface area contributed by atoms with Gasteiger partial charge >= 0.3 is 5.97 Å². The third-order valence-electron chi connectivity index (χ3n) is 6.27. The van der Waals surface area contributed by atoms with Crippen molar-refractivity contribution in [3.63, 3.8) is 0 Å². The molecule has 0 aliphatic carbocycles. The molecule has 0 unspecified atom stereocenters. The summed E-state index contributed by atoms with van der Waals surface area (Å²) < 4.78 is 33.5. The van der Waals surface area contributed by atoms with Crippen molar-refractivity contribution in [3.8, 4) is 0 Å². The monoisotopic (exact) mass is 563 g/mol. The van der Waals surface area contributed by atoms with Crippen LogP contribution in [0.25, 0.3) is 0 Å². The highest BCUT2D eigenvalue weighted by Gasteiger charge is 2.30. The maximum atomic E-state index is 13.3. The van der Waals surface area contributed by atoms with Crippen LogP contribution in [0, 0.1) is 11.8 Å². The zero-order valence-electron chi connectivity index (χ0n) is 23.4. The molecule has 8 nitrogen and oxygen atoms in total. The van der Waals surface area contributed by atoms with E-state index in [0.29, 0.717) is 29.2 Å². The summed E-state index contributed by atoms with van der Waals surface area (Å²) in [7, 11) is -3.69. The number of benzene rings is 1. The van der Waals surface area contributed by atoms with Gasteiger partial charge in [0.25, 0.3) is 5.91 Å². The van der Waals surface area contributed by atoms with Crippen LogP contribution >= 0.6 is 11.3 Å². The van der Waals surface area contributed by atoms with Gasteiger partial charge < -0.3 is 10.1 Å². The molecule has 1 aromatic heterocycles. The second-order valence-corrected chi connectivity index (χ2v) is 13.6. The van der Waals surface area contributed by atoms with E-state index in [9.17, 15) is 18.0 Å². The van der Waals surface area contributed by atoms with E-state index in [1.807, 2.05) is 27.7 Å². The van der Waals surface area contributed by atoms with Crippen molar-refractivity contribution >= 4 is 38.2 Å². The number of anilines is 1. The molecular weight excluding hydrogens is 522 g/mol. The SMILES string of the molecule is CCCN1CCc2c(sc(NC(=O)c3ccc(S(=O)(=O)N(CC(C)C)CC(C)C)cc3)c2C(=O)OCC)C1. The molecule has 1 aromatic carbocycles. The number of carbonyl (C=O) groups is 2. The topological polar surface area (TPSA) is 96.0 Å². The summed E-state index contributed by atoms with van der Waals surface area (Å²) in [5.41, 5.74) is 1.71. The molecule has 0 saturated carbocycles. The van der Waals surface area contributed by atoms with Gasteiger partial charge in [-0.2, -0.15) is 4.31 Å². The number of hydrogen-bond acceptors (Lipinski definition) is 7. The first-order chi connectivity index (χ1) is 18.0. The fourth-order valence-corrected chi connectivity index (χ4v) is 7.70. The van der Waals surface area contributed by atoms with E-state index in [4.69, 9.17) is 4.74 Å². The lowest BCUT2D eigenvalue weighted by Gasteiger charge is -2.26. The lowest BCUT2D eigenvalue weighted by atomic mass is 10.0. The van der Waals surface area contributed by atoms with E-state index < -0.39 is 21.9 Å². The molecule has 0 radical (unpaired) electrons. The fraction of sp³-hybridized carbons (Fsp3) is 0.571. The molecule has 1 aliphatic rings. The molecule has 210 valence electrons. The number of amides is 1. The number of nitrogens with one attached hydrogen (secondary N) is 1. The Kier molecular flexibility index (Phi) is 10.5. The Morgan fingerprint density at radius 3 is 2.26 bits per heavy atom. The van der Waals surface area contributed by atoms with Crippen LogP contribution in [0.3, 0.4) is 0 Å². The normalized spacial score (nSPS) is 14.2. The third-order valence-corrected chi connectivity index (χ3v) is 9.25. The molecule has 2 heterocycles. The summed E-state index contributed by atoms with van der Waals surface area (Å²) in [6.45, 7) is 15.6. The molecule has 0 bridgehead atoms. The second kappa shape index (κ2) is 13.2. The zero-order valence-corrected chi connectivity index (χ0v) is 25.0. The predicted octanol–water partition coefficient (Wildman–Crippen LogP) is 5.25. The van der Waals surface area contributed by atoms with Crippen molar-refractivity contribution in [2.75, 3.05) is 38.1 Å². The minimum Gasteiger partial charge on any atom is -0.462 e. The predicted molar refractivity (Wildman–Crippen MR) is 152 cm³/mol. The molecule has 1 N–H and O–H groups in total. The molecule has 38 heavy (non-hydrogen) atoms. The minimum absolute atomic E-state index is 0.158. The van der Waals surface area contributed by atoms with Crippen molar-refractivity contribution in [1.29, 1.82) is 0 Å². The Labute approximate surface area is 231 Å². The second-order valence-electron chi connectivity index (χ2n) is 10.5. The van der Waals surface area contributed by atoms with E-state index in [1.54, 1.807) is 6.92 Å². The van der Waals surface area contributed by atoms with Gasteiger partial charge in [-0.15, -0.1) is 11.3 Å². The van der Waals surface area contributed by atoms with Crippen LogP contribution < -0.4 is 5.32 Å². The van der Waals surface area contributed by atoms with Gasteiger partial charge in [0.15, 0.2) is 0 Å². The first-order valence-corrected chi connectivity index (χ1v) is 15.7. The van der Waals surface area contributed by atoms with Gasteiger partial charge in [0.05, 0.1) is 17.1 Å². The summed E-state index contributed by atoms with van der Waals surface area (Å²) in [5, 5.41) is 3.38. The average molecular weight is 564 g/mol. The Morgan fingerprint density at radius 1 is 1.08 bits per heavy atom. The van der Waals surface area contributed by atoms with Crippen LogP contribution in [0.5, 0.6) is 0 Å². The van der Waals surface area contributed by atoms with E-state index in [2.05, 4.69) is 17.1 Å².